The predicted octanol–water partition coefficient (Wildman–Crippen LogP) is 2.75. The fraction of sp³-hybridized carbons (Fsp3) is 0.444. The number of aromatic nitrogens is 3. The van der Waals surface area contributed by atoms with E-state index in [9.17, 15) is 4.79 Å². The molecule has 3 rings (SSSR count). The molecule has 2 aromatic rings. The Morgan fingerprint density at radius 2 is 1.88 bits per heavy atom. The molecule has 1 aliphatic heterocycles. The van der Waals surface area contributed by atoms with Crippen LogP contribution in [0, 0.1) is 6.92 Å². The summed E-state index contributed by atoms with van der Waals surface area (Å²) in [5.41, 5.74) is 7.87. The number of nitrogens with zero attached hydrogens (tertiary/aromatic N) is 4. The molecule has 0 aliphatic carbocycles. The summed E-state index contributed by atoms with van der Waals surface area (Å²) in [6, 6.07) is 7.94. The number of carbonyl (C=O) groups is 1. The van der Waals surface area contributed by atoms with Crippen LogP contribution < -0.4 is 11.1 Å². The van der Waals surface area contributed by atoms with Gasteiger partial charge in [0, 0.05) is 18.8 Å². The average molecular weight is 372 g/mol. The first-order valence-electron chi connectivity index (χ1n) is 8.80. The van der Waals surface area contributed by atoms with Gasteiger partial charge < -0.3 is 16.0 Å². The molecule has 1 aromatic heterocycles. The van der Waals surface area contributed by atoms with Gasteiger partial charge >= 0.3 is 0 Å². The van der Waals surface area contributed by atoms with Gasteiger partial charge in [0.25, 0.3) is 0 Å². The molecular formula is C18H24N6OS. The van der Waals surface area contributed by atoms with E-state index in [0.717, 1.165) is 31.6 Å². The fourth-order valence-corrected chi connectivity index (χ4v) is 3.56. The van der Waals surface area contributed by atoms with Crippen LogP contribution in [0.5, 0.6) is 0 Å². The minimum absolute atomic E-state index is 0.174. The SMILES string of the molecule is Cc1ccc(Nc2nc(N)nc(CSCC(=O)N3CCCCC3)n2)cc1. The summed E-state index contributed by atoms with van der Waals surface area (Å²) in [6.07, 6.45) is 3.43. The van der Waals surface area contributed by atoms with Crippen molar-refractivity contribution in [3.63, 3.8) is 0 Å². The van der Waals surface area contributed by atoms with Crippen LogP contribution in [-0.2, 0) is 10.5 Å². The van der Waals surface area contributed by atoms with E-state index in [4.69, 9.17) is 5.73 Å². The number of rotatable bonds is 6. The molecule has 0 unspecified atom stereocenters. The highest BCUT2D eigenvalue weighted by Crippen LogP contribution is 2.17. The van der Waals surface area contributed by atoms with E-state index in [1.54, 1.807) is 0 Å². The Morgan fingerprint density at radius 3 is 2.62 bits per heavy atom. The van der Waals surface area contributed by atoms with E-state index < -0.39 is 0 Å². The number of nitrogen functional groups attached to an aromatic ring is 1. The number of hydrogen-bond acceptors (Lipinski definition) is 7. The lowest BCUT2D eigenvalue weighted by molar-refractivity contribution is -0.129. The van der Waals surface area contributed by atoms with E-state index in [1.165, 1.54) is 23.7 Å². The highest BCUT2D eigenvalue weighted by molar-refractivity contribution is 7.99. The number of likely N-dealkylation sites (tertiary alicyclic amines) is 1. The number of piperidine rings is 1. The average Bonchev–Trinajstić information content (AvgIpc) is 2.64. The van der Waals surface area contributed by atoms with E-state index in [0.29, 0.717) is 23.3 Å². The highest BCUT2D eigenvalue weighted by Gasteiger charge is 2.16. The fourth-order valence-electron chi connectivity index (χ4n) is 2.79. The van der Waals surface area contributed by atoms with Gasteiger partial charge in [-0.25, -0.2) is 0 Å². The van der Waals surface area contributed by atoms with Crippen molar-refractivity contribution in [2.45, 2.75) is 31.9 Å². The second kappa shape index (κ2) is 8.84. The summed E-state index contributed by atoms with van der Waals surface area (Å²) in [7, 11) is 0. The molecule has 0 saturated carbocycles. The second-order valence-corrected chi connectivity index (χ2v) is 7.34. The third-order valence-electron chi connectivity index (χ3n) is 4.17. The van der Waals surface area contributed by atoms with Gasteiger partial charge in [0.1, 0.15) is 5.82 Å². The molecule has 1 amide bonds. The zero-order chi connectivity index (χ0) is 18.4. The van der Waals surface area contributed by atoms with Gasteiger partial charge in [-0.3, -0.25) is 4.79 Å². The van der Waals surface area contributed by atoms with Crippen LogP contribution in [0.4, 0.5) is 17.6 Å². The van der Waals surface area contributed by atoms with Crippen molar-refractivity contribution >= 4 is 35.3 Å². The lowest BCUT2D eigenvalue weighted by atomic mass is 10.1. The normalized spacial score (nSPS) is 14.3. The largest absolute Gasteiger partial charge is 0.368 e. The van der Waals surface area contributed by atoms with Gasteiger partial charge in [-0.15, -0.1) is 11.8 Å². The van der Waals surface area contributed by atoms with Crippen LogP contribution in [0.2, 0.25) is 0 Å². The Kier molecular flexibility index (Phi) is 6.27. The smallest absolute Gasteiger partial charge is 0.232 e. The number of benzene rings is 1. The molecule has 0 bridgehead atoms. The highest BCUT2D eigenvalue weighted by atomic mass is 32.2. The summed E-state index contributed by atoms with van der Waals surface area (Å²) in [4.78, 5) is 26.9. The van der Waals surface area contributed by atoms with Gasteiger partial charge in [-0.1, -0.05) is 17.7 Å². The monoisotopic (exact) mass is 372 g/mol. The Hall–Kier alpha value is -2.35. The van der Waals surface area contributed by atoms with Crippen molar-refractivity contribution in [2.75, 3.05) is 29.9 Å². The molecule has 0 spiro atoms. The van der Waals surface area contributed by atoms with Crippen LogP contribution >= 0.6 is 11.8 Å². The van der Waals surface area contributed by atoms with Crippen molar-refractivity contribution in [3.05, 3.63) is 35.7 Å². The quantitative estimate of drug-likeness (QED) is 0.804. The Morgan fingerprint density at radius 1 is 1.15 bits per heavy atom. The number of anilines is 3. The maximum Gasteiger partial charge on any atom is 0.232 e. The molecule has 7 nitrogen and oxygen atoms in total. The van der Waals surface area contributed by atoms with Crippen LogP contribution in [-0.4, -0.2) is 44.6 Å². The standard InChI is InChI=1S/C18H24N6OS/c1-13-5-7-14(8-6-13)20-18-22-15(21-17(19)23-18)11-26-12-16(25)24-9-3-2-4-10-24/h5-8H,2-4,9-12H2,1H3,(H3,19,20,21,22,23). The molecule has 8 heteroatoms. The third kappa shape index (κ3) is 5.32. The van der Waals surface area contributed by atoms with Gasteiger partial charge in [0.05, 0.1) is 11.5 Å². The van der Waals surface area contributed by atoms with Crippen LogP contribution in [0.3, 0.4) is 0 Å². The Bertz CT molecular complexity index is 746. The van der Waals surface area contributed by atoms with Gasteiger partial charge in [-0.05, 0) is 38.3 Å². The summed E-state index contributed by atoms with van der Waals surface area (Å²) in [5, 5.41) is 3.14. The van der Waals surface area contributed by atoms with Crippen LogP contribution in [0.1, 0.15) is 30.7 Å². The molecule has 138 valence electrons. The number of aryl methyl sites for hydroxylation is 1. The minimum atomic E-state index is 0.174. The van der Waals surface area contributed by atoms with Gasteiger partial charge in [0.15, 0.2) is 0 Å². The van der Waals surface area contributed by atoms with Crippen molar-refractivity contribution in [3.8, 4) is 0 Å². The summed E-state index contributed by atoms with van der Waals surface area (Å²) in [5.74, 6) is 2.31. The molecule has 0 atom stereocenters. The van der Waals surface area contributed by atoms with Crippen molar-refractivity contribution in [1.82, 2.24) is 19.9 Å². The van der Waals surface area contributed by atoms with Gasteiger partial charge in [0.2, 0.25) is 17.8 Å². The van der Waals surface area contributed by atoms with Crippen LogP contribution in [0.25, 0.3) is 0 Å². The molecule has 1 saturated heterocycles. The molecule has 0 radical (unpaired) electrons. The van der Waals surface area contributed by atoms with E-state index >= 15 is 0 Å². The zero-order valence-corrected chi connectivity index (χ0v) is 15.8. The topological polar surface area (TPSA) is 97.0 Å². The first-order chi connectivity index (χ1) is 12.6. The second-order valence-electron chi connectivity index (χ2n) is 6.36. The molecule has 1 fully saturated rings. The van der Waals surface area contributed by atoms with Crippen molar-refractivity contribution < 1.29 is 4.79 Å². The maximum absolute atomic E-state index is 12.2. The van der Waals surface area contributed by atoms with Crippen molar-refractivity contribution in [2.24, 2.45) is 0 Å². The number of carbonyl (C=O) groups excluding carboxylic acids is 1. The van der Waals surface area contributed by atoms with Crippen LogP contribution in [0.15, 0.2) is 24.3 Å². The summed E-state index contributed by atoms with van der Waals surface area (Å²) < 4.78 is 0. The number of nitrogens with two attached hydrogens (primary N) is 1. The third-order valence-corrected chi connectivity index (χ3v) is 5.09. The Labute approximate surface area is 157 Å². The molecule has 3 N–H and O–H groups in total. The van der Waals surface area contributed by atoms with Gasteiger partial charge in [-0.2, -0.15) is 15.0 Å². The molecule has 1 aromatic carbocycles. The Balaban J connectivity index is 1.55. The van der Waals surface area contributed by atoms with E-state index in [-0.39, 0.29) is 11.9 Å². The first-order valence-corrected chi connectivity index (χ1v) is 9.95. The summed E-state index contributed by atoms with van der Waals surface area (Å²) >= 11 is 1.51. The molecule has 1 aliphatic rings. The number of hydrogen-bond donors (Lipinski definition) is 2. The number of thioether (sulfide) groups is 1. The lowest BCUT2D eigenvalue weighted by Gasteiger charge is -2.26. The minimum Gasteiger partial charge on any atom is -0.368 e. The molecule has 2 heterocycles. The van der Waals surface area contributed by atoms with E-state index in [2.05, 4.69) is 20.3 Å². The first kappa shape index (κ1) is 18.4. The zero-order valence-electron chi connectivity index (χ0n) is 14.9. The predicted molar refractivity (Wildman–Crippen MR) is 105 cm³/mol. The summed E-state index contributed by atoms with van der Waals surface area (Å²) in [6.45, 7) is 3.79. The lowest BCUT2D eigenvalue weighted by Crippen LogP contribution is -2.36. The molecular weight excluding hydrogens is 348 g/mol. The van der Waals surface area contributed by atoms with Crippen molar-refractivity contribution in [1.29, 1.82) is 0 Å². The number of nitrogens with one attached hydrogen (secondary N) is 1. The molecule has 26 heavy (non-hydrogen) atoms. The maximum atomic E-state index is 12.2. The van der Waals surface area contributed by atoms with E-state index in [1.807, 2.05) is 36.1 Å². The number of amides is 1.